The molecule has 0 atom stereocenters. The fraction of sp³-hybridized carbons (Fsp3) is 0.600. The molecule has 0 saturated carbocycles. The van der Waals surface area contributed by atoms with Gasteiger partial charge in [0.1, 0.15) is 0 Å². The third kappa shape index (κ3) is 3.90. The molecule has 2 N–H and O–H groups in total. The molecule has 0 fully saturated rings. The summed E-state index contributed by atoms with van der Waals surface area (Å²) < 4.78 is 0. The normalized spacial score (nSPS) is 8.67. The number of nitrogens with two attached hydrogens (primary N) is 1. The summed E-state index contributed by atoms with van der Waals surface area (Å²) in [5.74, 6) is -0.381. The molecule has 52 valence electrons. The molecule has 0 aliphatic rings. The number of carbonyl (C=O) groups excluding carboxylic acids is 1. The van der Waals surface area contributed by atoms with E-state index in [9.17, 15) is 4.79 Å². The Kier molecular flexibility index (Phi) is 3.16. The van der Waals surface area contributed by atoms with Gasteiger partial charge < -0.3 is 10.6 Å². The first-order chi connectivity index (χ1) is 4.04. The van der Waals surface area contributed by atoms with E-state index in [4.69, 9.17) is 18.0 Å². The number of thiocarbonyl (C=S) groups is 1. The second kappa shape index (κ2) is 3.40. The van der Waals surface area contributed by atoms with E-state index in [0.717, 1.165) is 0 Å². The lowest BCUT2D eigenvalue weighted by atomic mass is 10.4. The lowest BCUT2D eigenvalue weighted by molar-refractivity contribution is -0.116. The van der Waals surface area contributed by atoms with Crippen LogP contribution in [0.1, 0.15) is 6.42 Å². The van der Waals surface area contributed by atoms with Gasteiger partial charge in [-0.15, -0.1) is 0 Å². The van der Waals surface area contributed by atoms with Crippen LogP contribution in [-0.4, -0.2) is 29.9 Å². The molecule has 0 aliphatic heterocycles. The third-order valence-corrected chi connectivity index (χ3v) is 1.33. The minimum atomic E-state index is -0.381. The summed E-state index contributed by atoms with van der Waals surface area (Å²) in [5, 5.41) is 0. The highest BCUT2D eigenvalue weighted by atomic mass is 32.1. The second-order valence-corrected chi connectivity index (χ2v) is 2.40. The largest absolute Gasteiger partial charge is 0.372 e. The lowest BCUT2D eigenvalue weighted by Crippen LogP contribution is -2.25. The SMILES string of the molecule is CN(C)C(=S)CC(N)=O. The van der Waals surface area contributed by atoms with Crippen LogP contribution >= 0.6 is 12.2 Å². The second-order valence-electron chi connectivity index (χ2n) is 1.93. The summed E-state index contributed by atoms with van der Waals surface area (Å²) in [7, 11) is 3.57. The quantitative estimate of drug-likeness (QED) is 0.546. The van der Waals surface area contributed by atoms with Crippen LogP contribution in [0, 0.1) is 0 Å². The molecule has 0 saturated heterocycles. The van der Waals surface area contributed by atoms with Crippen LogP contribution in [0.2, 0.25) is 0 Å². The van der Waals surface area contributed by atoms with Gasteiger partial charge in [-0.2, -0.15) is 0 Å². The van der Waals surface area contributed by atoms with E-state index in [0.29, 0.717) is 4.99 Å². The molecular weight excluding hydrogens is 136 g/mol. The maximum Gasteiger partial charge on any atom is 0.224 e. The van der Waals surface area contributed by atoms with Crippen molar-refractivity contribution in [1.82, 2.24) is 4.90 Å². The topological polar surface area (TPSA) is 46.3 Å². The van der Waals surface area contributed by atoms with Gasteiger partial charge in [0.25, 0.3) is 0 Å². The van der Waals surface area contributed by atoms with Gasteiger partial charge in [-0.3, -0.25) is 4.79 Å². The molecule has 0 spiro atoms. The van der Waals surface area contributed by atoms with Crippen molar-refractivity contribution >= 4 is 23.1 Å². The summed E-state index contributed by atoms with van der Waals surface area (Å²) >= 11 is 4.78. The molecule has 1 amide bonds. The van der Waals surface area contributed by atoms with E-state index in [-0.39, 0.29) is 12.3 Å². The molecule has 0 rings (SSSR count). The van der Waals surface area contributed by atoms with E-state index >= 15 is 0 Å². The van der Waals surface area contributed by atoms with E-state index in [2.05, 4.69) is 0 Å². The first-order valence-electron chi connectivity index (χ1n) is 2.52. The first kappa shape index (κ1) is 8.36. The summed E-state index contributed by atoms with van der Waals surface area (Å²) in [4.78, 5) is 12.5. The van der Waals surface area contributed by atoms with Gasteiger partial charge in [-0.1, -0.05) is 12.2 Å². The predicted octanol–water partition coefficient (Wildman–Crippen LogP) is -0.249. The van der Waals surface area contributed by atoms with Crippen LogP contribution in [0.4, 0.5) is 0 Å². The Labute approximate surface area is 59.8 Å². The van der Waals surface area contributed by atoms with Crippen molar-refractivity contribution in [3.8, 4) is 0 Å². The van der Waals surface area contributed by atoms with Gasteiger partial charge >= 0.3 is 0 Å². The molecule has 0 aromatic carbocycles. The van der Waals surface area contributed by atoms with Crippen molar-refractivity contribution in [3.63, 3.8) is 0 Å². The molecule has 0 aliphatic carbocycles. The number of amides is 1. The molecule has 0 bridgehead atoms. The standard InChI is InChI=1S/C5H10N2OS/c1-7(2)5(9)3-4(6)8/h3H2,1-2H3,(H2,6,8). The Morgan fingerprint density at radius 2 is 2.11 bits per heavy atom. The van der Waals surface area contributed by atoms with Crippen LogP contribution in [0.3, 0.4) is 0 Å². The van der Waals surface area contributed by atoms with Crippen LogP contribution in [0.25, 0.3) is 0 Å². The van der Waals surface area contributed by atoms with Crippen molar-refractivity contribution in [3.05, 3.63) is 0 Å². The number of rotatable bonds is 2. The zero-order chi connectivity index (χ0) is 7.44. The van der Waals surface area contributed by atoms with Gasteiger partial charge in [0.2, 0.25) is 5.91 Å². The molecule has 4 heteroatoms. The van der Waals surface area contributed by atoms with E-state index in [1.807, 2.05) is 0 Å². The Balaban J connectivity index is 3.64. The lowest BCUT2D eigenvalue weighted by Gasteiger charge is -2.10. The minimum Gasteiger partial charge on any atom is -0.372 e. The maximum atomic E-state index is 10.2. The molecule has 0 unspecified atom stereocenters. The highest BCUT2D eigenvalue weighted by Gasteiger charge is 2.01. The Morgan fingerprint density at radius 1 is 1.67 bits per heavy atom. The molecule has 3 nitrogen and oxygen atoms in total. The molecule has 0 heterocycles. The zero-order valence-electron chi connectivity index (χ0n) is 5.55. The summed E-state index contributed by atoms with van der Waals surface area (Å²) in [6.07, 6.45) is 0.169. The number of carbonyl (C=O) groups is 1. The van der Waals surface area contributed by atoms with Crippen molar-refractivity contribution < 1.29 is 4.79 Å². The van der Waals surface area contributed by atoms with Crippen molar-refractivity contribution in [1.29, 1.82) is 0 Å². The molecule has 0 aromatic heterocycles. The Morgan fingerprint density at radius 3 is 2.22 bits per heavy atom. The summed E-state index contributed by atoms with van der Waals surface area (Å²) in [5.41, 5.74) is 4.88. The fourth-order valence-corrected chi connectivity index (χ4v) is 0.449. The van der Waals surface area contributed by atoms with Gasteiger partial charge in [0, 0.05) is 14.1 Å². The van der Waals surface area contributed by atoms with Crippen LogP contribution < -0.4 is 5.73 Å². The van der Waals surface area contributed by atoms with E-state index in [1.54, 1.807) is 19.0 Å². The number of hydrogen-bond donors (Lipinski definition) is 1. The average Bonchev–Trinajstić information content (AvgIpc) is 1.63. The Bertz CT molecular complexity index is 133. The first-order valence-corrected chi connectivity index (χ1v) is 2.93. The number of hydrogen-bond acceptors (Lipinski definition) is 2. The maximum absolute atomic E-state index is 10.2. The highest BCUT2D eigenvalue weighted by Crippen LogP contribution is 1.87. The van der Waals surface area contributed by atoms with Gasteiger partial charge in [-0.25, -0.2) is 0 Å². The third-order valence-electron chi connectivity index (χ3n) is 0.824. The number of primary amides is 1. The van der Waals surface area contributed by atoms with Gasteiger partial charge in [0.05, 0.1) is 11.4 Å². The Hall–Kier alpha value is -0.640. The van der Waals surface area contributed by atoms with Gasteiger partial charge in [0.15, 0.2) is 0 Å². The molecule has 0 radical (unpaired) electrons. The highest BCUT2D eigenvalue weighted by molar-refractivity contribution is 7.80. The molecule has 9 heavy (non-hydrogen) atoms. The minimum absolute atomic E-state index is 0.169. The van der Waals surface area contributed by atoms with E-state index < -0.39 is 0 Å². The summed E-state index contributed by atoms with van der Waals surface area (Å²) in [6.45, 7) is 0. The van der Waals surface area contributed by atoms with E-state index in [1.165, 1.54) is 0 Å². The van der Waals surface area contributed by atoms with Gasteiger partial charge in [-0.05, 0) is 0 Å². The van der Waals surface area contributed by atoms with Crippen LogP contribution in [-0.2, 0) is 4.79 Å². The zero-order valence-corrected chi connectivity index (χ0v) is 6.36. The fourth-order valence-electron chi connectivity index (χ4n) is 0.307. The van der Waals surface area contributed by atoms with Crippen LogP contribution in [0.15, 0.2) is 0 Å². The monoisotopic (exact) mass is 146 g/mol. The number of nitrogens with zero attached hydrogens (tertiary/aromatic N) is 1. The van der Waals surface area contributed by atoms with Crippen molar-refractivity contribution in [2.45, 2.75) is 6.42 Å². The van der Waals surface area contributed by atoms with Crippen molar-refractivity contribution in [2.24, 2.45) is 5.73 Å². The van der Waals surface area contributed by atoms with Crippen molar-refractivity contribution in [2.75, 3.05) is 14.1 Å². The smallest absolute Gasteiger partial charge is 0.224 e. The molecular formula is C5H10N2OS. The predicted molar refractivity (Wildman–Crippen MR) is 40.1 cm³/mol. The molecule has 0 aromatic rings. The summed E-state index contributed by atoms with van der Waals surface area (Å²) in [6, 6.07) is 0. The van der Waals surface area contributed by atoms with Crippen LogP contribution in [0.5, 0.6) is 0 Å². The average molecular weight is 146 g/mol.